The summed E-state index contributed by atoms with van der Waals surface area (Å²) >= 11 is 0. The second-order valence-corrected chi connectivity index (χ2v) is 6.17. The second-order valence-electron chi connectivity index (χ2n) is 6.17. The molecular formula is C19H24N4O2. The predicted molar refractivity (Wildman–Crippen MR) is 98.3 cm³/mol. The molecule has 1 aliphatic rings. The molecule has 0 saturated carbocycles. The summed E-state index contributed by atoms with van der Waals surface area (Å²) in [5.74, 6) is 1.17. The van der Waals surface area contributed by atoms with E-state index in [1.54, 1.807) is 6.07 Å². The lowest BCUT2D eigenvalue weighted by molar-refractivity contribution is 0.102. The third-order valence-electron chi connectivity index (χ3n) is 4.37. The van der Waals surface area contributed by atoms with Crippen molar-refractivity contribution in [2.45, 2.75) is 27.2 Å². The van der Waals surface area contributed by atoms with Gasteiger partial charge < -0.3 is 15.0 Å². The van der Waals surface area contributed by atoms with Crippen LogP contribution in [-0.4, -0.2) is 42.2 Å². The van der Waals surface area contributed by atoms with Crippen molar-refractivity contribution in [3.05, 3.63) is 46.9 Å². The van der Waals surface area contributed by atoms with Gasteiger partial charge in [0.25, 0.3) is 5.91 Å². The van der Waals surface area contributed by atoms with Gasteiger partial charge in [-0.2, -0.15) is 0 Å². The Bertz CT molecular complexity index is 770. The number of nitrogens with zero attached hydrogens (tertiary/aromatic N) is 3. The van der Waals surface area contributed by atoms with E-state index in [-0.39, 0.29) is 5.91 Å². The molecule has 1 aromatic carbocycles. The van der Waals surface area contributed by atoms with Gasteiger partial charge in [0.2, 0.25) is 0 Å². The molecule has 2 heterocycles. The number of hydrogen-bond donors (Lipinski definition) is 1. The minimum absolute atomic E-state index is 0.205. The molecule has 6 heteroatoms. The van der Waals surface area contributed by atoms with Crippen molar-refractivity contribution in [1.82, 2.24) is 9.97 Å². The lowest BCUT2D eigenvalue weighted by Crippen LogP contribution is -2.37. The van der Waals surface area contributed by atoms with Crippen LogP contribution in [-0.2, 0) is 11.2 Å². The molecule has 0 spiro atoms. The van der Waals surface area contributed by atoms with E-state index in [9.17, 15) is 4.79 Å². The maximum Gasteiger partial charge on any atom is 0.274 e. The maximum atomic E-state index is 12.8. The van der Waals surface area contributed by atoms with Crippen molar-refractivity contribution in [2.75, 3.05) is 36.5 Å². The molecule has 2 aromatic rings. The van der Waals surface area contributed by atoms with Gasteiger partial charge in [0.15, 0.2) is 0 Å². The summed E-state index contributed by atoms with van der Waals surface area (Å²) in [6, 6.07) is 7.80. The number of morpholine rings is 1. The number of anilines is 2. The van der Waals surface area contributed by atoms with Crippen LogP contribution in [0.2, 0.25) is 0 Å². The summed E-state index contributed by atoms with van der Waals surface area (Å²) in [7, 11) is 0. The van der Waals surface area contributed by atoms with Crippen molar-refractivity contribution in [1.29, 1.82) is 0 Å². The fraction of sp³-hybridized carbons (Fsp3) is 0.421. The zero-order chi connectivity index (χ0) is 17.8. The molecule has 132 valence electrons. The molecule has 0 unspecified atom stereocenters. The molecule has 0 bridgehead atoms. The first-order valence-electron chi connectivity index (χ1n) is 8.66. The first kappa shape index (κ1) is 17.4. The van der Waals surface area contributed by atoms with Crippen LogP contribution in [0.5, 0.6) is 0 Å². The van der Waals surface area contributed by atoms with Gasteiger partial charge in [-0.25, -0.2) is 9.97 Å². The lowest BCUT2D eigenvalue weighted by Gasteiger charge is -2.28. The van der Waals surface area contributed by atoms with Crippen molar-refractivity contribution in [3.8, 4) is 0 Å². The highest BCUT2D eigenvalue weighted by Gasteiger charge is 2.18. The molecule has 0 aliphatic carbocycles. The molecule has 0 radical (unpaired) electrons. The number of carbonyl (C=O) groups excluding carboxylic acids is 1. The summed E-state index contributed by atoms with van der Waals surface area (Å²) in [4.78, 5) is 23.7. The fourth-order valence-electron chi connectivity index (χ4n) is 3.00. The number of amides is 1. The topological polar surface area (TPSA) is 67.4 Å². The van der Waals surface area contributed by atoms with Gasteiger partial charge in [0, 0.05) is 24.8 Å². The molecule has 3 rings (SSSR count). The molecule has 1 aromatic heterocycles. The quantitative estimate of drug-likeness (QED) is 0.927. The predicted octanol–water partition coefficient (Wildman–Crippen LogP) is 2.74. The maximum absolute atomic E-state index is 12.8. The highest BCUT2D eigenvalue weighted by atomic mass is 16.5. The Morgan fingerprint density at radius 2 is 2.00 bits per heavy atom. The number of aromatic nitrogens is 2. The van der Waals surface area contributed by atoms with Gasteiger partial charge in [-0.05, 0) is 31.4 Å². The van der Waals surface area contributed by atoms with Crippen molar-refractivity contribution in [2.24, 2.45) is 0 Å². The summed E-state index contributed by atoms with van der Waals surface area (Å²) in [6.07, 6.45) is 0.860. The van der Waals surface area contributed by atoms with Gasteiger partial charge >= 0.3 is 0 Å². The molecule has 1 N–H and O–H groups in total. The first-order chi connectivity index (χ1) is 12.1. The van der Waals surface area contributed by atoms with E-state index >= 15 is 0 Å². The van der Waals surface area contributed by atoms with Gasteiger partial charge in [0.1, 0.15) is 17.3 Å². The Labute approximate surface area is 148 Å². The smallest absolute Gasteiger partial charge is 0.274 e. The standard InChI is InChI=1S/C19H24N4O2/c1-4-15-7-5-6-13(2)18(15)22-19(24)16-12-17(21-14(3)20-16)23-8-10-25-11-9-23/h5-7,12H,4,8-11H2,1-3H3,(H,22,24). The molecule has 0 atom stereocenters. The molecular weight excluding hydrogens is 316 g/mol. The van der Waals surface area contributed by atoms with E-state index in [4.69, 9.17) is 4.74 Å². The van der Waals surface area contributed by atoms with Gasteiger partial charge in [0.05, 0.1) is 13.2 Å². The largest absolute Gasteiger partial charge is 0.378 e. The van der Waals surface area contributed by atoms with Crippen LogP contribution in [0, 0.1) is 13.8 Å². The van der Waals surface area contributed by atoms with Crippen LogP contribution in [0.4, 0.5) is 11.5 Å². The number of ether oxygens (including phenoxy) is 1. The average Bonchev–Trinajstić information content (AvgIpc) is 2.63. The molecule has 25 heavy (non-hydrogen) atoms. The van der Waals surface area contributed by atoms with Crippen molar-refractivity contribution < 1.29 is 9.53 Å². The van der Waals surface area contributed by atoms with E-state index in [1.165, 1.54) is 0 Å². The summed E-state index contributed by atoms with van der Waals surface area (Å²) in [5.41, 5.74) is 3.43. The van der Waals surface area contributed by atoms with Crippen LogP contribution in [0.15, 0.2) is 24.3 Å². The van der Waals surface area contributed by atoms with Crippen molar-refractivity contribution >= 4 is 17.4 Å². The number of aryl methyl sites for hydroxylation is 3. The van der Waals surface area contributed by atoms with Crippen LogP contribution < -0.4 is 10.2 Å². The highest BCUT2D eigenvalue weighted by molar-refractivity contribution is 6.04. The molecule has 1 fully saturated rings. The van der Waals surface area contributed by atoms with E-state index in [1.807, 2.05) is 32.0 Å². The number of carbonyl (C=O) groups is 1. The minimum atomic E-state index is -0.205. The average molecular weight is 340 g/mol. The minimum Gasteiger partial charge on any atom is -0.378 e. The van der Waals surface area contributed by atoms with Crippen LogP contribution in [0.3, 0.4) is 0 Å². The van der Waals surface area contributed by atoms with Crippen LogP contribution in [0.25, 0.3) is 0 Å². The zero-order valence-electron chi connectivity index (χ0n) is 15.0. The van der Waals surface area contributed by atoms with Gasteiger partial charge in [-0.15, -0.1) is 0 Å². The van der Waals surface area contributed by atoms with Crippen LogP contribution >= 0.6 is 0 Å². The van der Waals surface area contributed by atoms with E-state index in [0.717, 1.165) is 42.1 Å². The number of hydrogen-bond acceptors (Lipinski definition) is 5. The number of nitrogens with one attached hydrogen (secondary N) is 1. The number of rotatable bonds is 4. The number of para-hydroxylation sites is 1. The Hall–Kier alpha value is -2.47. The Morgan fingerprint density at radius 3 is 2.72 bits per heavy atom. The first-order valence-corrected chi connectivity index (χ1v) is 8.66. The Balaban J connectivity index is 1.86. The van der Waals surface area contributed by atoms with E-state index < -0.39 is 0 Å². The zero-order valence-corrected chi connectivity index (χ0v) is 15.0. The lowest BCUT2D eigenvalue weighted by atomic mass is 10.1. The summed E-state index contributed by atoms with van der Waals surface area (Å²) in [6.45, 7) is 8.78. The molecule has 1 aliphatic heterocycles. The molecule has 1 saturated heterocycles. The second kappa shape index (κ2) is 7.61. The SMILES string of the molecule is CCc1cccc(C)c1NC(=O)c1cc(N2CCOCC2)nc(C)n1. The Kier molecular flexibility index (Phi) is 5.28. The van der Waals surface area contributed by atoms with Crippen molar-refractivity contribution in [3.63, 3.8) is 0 Å². The van der Waals surface area contributed by atoms with Gasteiger partial charge in [-0.3, -0.25) is 4.79 Å². The third kappa shape index (κ3) is 3.96. The molecule has 1 amide bonds. The Morgan fingerprint density at radius 1 is 1.24 bits per heavy atom. The number of benzene rings is 1. The van der Waals surface area contributed by atoms with Crippen LogP contribution in [0.1, 0.15) is 34.4 Å². The van der Waals surface area contributed by atoms with E-state index in [0.29, 0.717) is 24.7 Å². The summed E-state index contributed by atoms with van der Waals surface area (Å²) in [5, 5.41) is 3.03. The van der Waals surface area contributed by atoms with E-state index in [2.05, 4.69) is 27.1 Å². The van der Waals surface area contributed by atoms with Gasteiger partial charge in [-0.1, -0.05) is 25.1 Å². The third-order valence-corrected chi connectivity index (χ3v) is 4.37. The highest BCUT2D eigenvalue weighted by Crippen LogP contribution is 2.22. The molecule has 6 nitrogen and oxygen atoms in total. The normalized spacial score (nSPS) is 14.4. The summed E-state index contributed by atoms with van der Waals surface area (Å²) < 4.78 is 5.38. The monoisotopic (exact) mass is 340 g/mol. The fourth-order valence-corrected chi connectivity index (χ4v) is 3.00.